The summed E-state index contributed by atoms with van der Waals surface area (Å²) in [4.78, 5) is 4.82. The molecule has 1 aromatic rings. The molecule has 2 nitrogen and oxygen atoms in total. The quantitative estimate of drug-likeness (QED) is 0.749. The predicted molar refractivity (Wildman–Crippen MR) is 70.9 cm³/mol. The lowest BCUT2D eigenvalue weighted by atomic mass is 10.1. The summed E-state index contributed by atoms with van der Waals surface area (Å²) < 4.78 is 0. The van der Waals surface area contributed by atoms with Crippen LogP contribution in [0.25, 0.3) is 5.57 Å². The van der Waals surface area contributed by atoms with Crippen molar-refractivity contribution >= 4 is 11.3 Å². The fraction of sp³-hybridized carbons (Fsp3) is 0.429. The number of rotatable bonds is 2. The van der Waals surface area contributed by atoms with Gasteiger partial charge in [-0.3, -0.25) is 0 Å². The normalized spacial score (nSPS) is 17.5. The van der Waals surface area contributed by atoms with Crippen LogP contribution in [0.3, 0.4) is 0 Å². The molecule has 1 heterocycles. The predicted octanol–water partition coefficient (Wildman–Crippen LogP) is 2.47. The van der Waals surface area contributed by atoms with E-state index in [-0.39, 0.29) is 0 Å². The largest absolute Gasteiger partial charge is 0.369 e. The summed E-state index contributed by atoms with van der Waals surface area (Å²) in [5.74, 6) is 0. The zero-order chi connectivity index (χ0) is 11.5. The Hall–Kier alpha value is -1.28. The smallest absolute Gasteiger partial charge is 0.0367 e. The second-order valence-corrected chi connectivity index (χ2v) is 4.62. The van der Waals surface area contributed by atoms with Gasteiger partial charge >= 0.3 is 0 Å². The molecule has 0 amide bonds. The van der Waals surface area contributed by atoms with Crippen LogP contribution in [0.5, 0.6) is 0 Å². The number of hydrogen-bond acceptors (Lipinski definition) is 2. The van der Waals surface area contributed by atoms with Crippen LogP contribution in [-0.4, -0.2) is 38.1 Å². The zero-order valence-electron chi connectivity index (χ0n) is 10.2. The summed E-state index contributed by atoms with van der Waals surface area (Å²) >= 11 is 0. The first-order chi connectivity index (χ1) is 7.66. The zero-order valence-corrected chi connectivity index (χ0v) is 10.2. The fourth-order valence-electron chi connectivity index (χ4n) is 2.02. The molecule has 16 heavy (non-hydrogen) atoms. The van der Waals surface area contributed by atoms with Crippen LogP contribution in [0.2, 0.25) is 0 Å². The van der Waals surface area contributed by atoms with Crippen LogP contribution < -0.4 is 4.90 Å². The summed E-state index contributed by atoms with van der Waals surface area (Å²) in [7, 11) is 2.18. The molecule has 1 saturated heterocycles. The van der Waals surface area contributed by atoms with Gasteiger partial charge in [0.1, 0.15) is 0 Å². The second-order valence-electron chi connectivity index (χ2n) is 4.62. The van der Waals surface area contributed by atoms with Crippen LogP contribution in [0, 0.1) is 0 Å². The van der Waals surface area contributed by atoms with Crippen molar-refractivity contribution in [3.05, 3.63) is 36.4 Å². The van der Waals surface area contributed by atoms with Crippen LogP contribution in [-0.2, 0) is 0 Å². The Labute approximate surface area is 98.2 Å². The van der Waals surface area contributed by atoms with Gasteiger partial charge in [0.25, 0.3) is 0 Å². The van der Waals surface area contributed by atoms with Crippen molar-refractivity contribution in [2.24, 2.45) is 0 Å². The Morgan fingerprint density at radius 3 is 2.12 bits per heavy atom. The molecule has 1 aromatic carbocycles. The molecule has 86 valence electrons. The first-order valence-corrected chi connectivity index (χ1v) is 5.86. The van der Waals surface area contributed by atoms with E-state index in [1.54, 1.807) is 0 Å². The number of allylic oxidation sites excluding steroid dienone is 1. The van der Waals surface area contributed by atoms with Gasteiger partial charge in [-0.1, -0.05) is 24.3 Å². The summed E-state index contributed by atoms with van der Waals surface area (Å²) in [5, 5.41) is 0. The lowest BCUT2D eigenvalue weighted by molar-refractivity contribution is 0.313. The molecule has 2 rings (SSSR count). The van der Waals surface area contributed by atoms with Crippen LogP contribution in [0.4, 0.5) is 5.69 Å². The van der Waals surface area contributed by atoms with Gasteiger partial charge in [0.05, 0.1) is 0 Å². The Kier molecular flexibility index (Phi) is 3.30. The first-order valence-electron chi connectivity index (χ1n) is 5.86. The monoisotopic (exact) mass is 216 g/mol. The van der Waals surface area contributed by atoms with Gasteiger partial charge in [-0.25, -0.2) is 0 Å². The standard InChI is InChI=1S/C14H20N2/c1-12(2)13-4-6-14(7-5-13)16-10-8-15(3)9-11-16/h4-7H,1,8-11H2,2-3H3. The highest BCUT2D eigenvalue weighted by Gasteiger charge is 2.13. The third-order valence-corrected chi connectivity index (χ3v) is 3.23. The lowest BCUT2D eigenvalue weighted by Crippen LogP contribution is -2.44. The third kappa shape index (κ3) is 2.45. The van der Waals surface area contributed by atoms with Crippen LogP contribution >= 0.6 is 0 Å². The maximum Gasteiger partial charge on any atom is 0.0367 e. The average molecular weight is 216 g/mol. The van der Waals surface area contributed by atoms with Gasteiger partial charge in [-0.2, -0.15) is 0 Å². The van der Waals surface area contributed by atoms with Gasteiger partial charge in [0, 0.05) is 31.9 Å². The minimum atomic E-state index is 1.13. The van der Waals surface area contributed by atoms with Crippen LogP contribution in [0.1, 0.15) is 12.5 Å². The van der Waals surface area contributed by atoms with E-state index in [1.807, 2.05) is 6.92 Å². The lowest BCUT2D eigenvalue weighted by Gasteiger charge is -2.34. The van der Waals surface area contributed by atoms with Crippen molar-refractivity contribution in [3.63, 3.8) is 0 Å². The van der Waals surface area contributed by atoms with E-state index in [1.165, 1.54) is 11.3 Å². The third-order valence-electron chi connectivity index (χ3n) is 3.23. The topological polar surface area (TPSA) is 6.48 Å². The minimum absolute atomic E-state index is 1.13. The van der Waals surface area contributed by atoms with Crippen molar-refractivity contribution < 1.29 is 0 Å². The average Bonchev–Trinajstić information content (AvgIpc) is 2.30. The minimum Gasteiger partial charge on any atom is -0.369 e. The van der Waals surface area contributed by atoms with E-state index >= 15 is 0 Å². The van der Waals surface area contributed by atoms with Crippen molar-refractivity contribution in [2.75, 3.05) is 38.1 Å². The van der Waals surface area contributed by atoms with E-state index in [4.69, 9.17) is 0 Å². The summed E-state index contributed by atoms with van der Waals surface area (Å²) in [6, 6.07) is 8.73. The molecule has 0 bridgehead atoms. The van der Waals surface area contributed by atoms with Crippen molar-refractivity contribution in [1.29, 1.82) is 0 Å². The summed E-state index contributed by atoms with van der Waals surface area (Å²) in [5.41, 5.74) is 3.70. The molecule has 0 N–H and O–H groups in total. The number of anilines is 1. The van der Waals surface area contributed by atoms with Crippen LogP contribution in [0.15, 0.2) is 30.8 Å². The summed E-state index contributed by atoms with van der Waals surface area (Å²) in [6.45, 7) is 10.6. The maximum atomic E-state index is 3.96. The van der Waals surface area contributed by atoms with E-state index in [0.29, 0.717) is 0 Å². The number of hydrogen-bond donors (Lipinski definition) is 0. The SMILES string of the molecule is C=C(C)c1ccc(N2CCN(C)CC2)cc1. The van der Waals surface area contributed by atoms with E-state index in [0.717, 1.165) is 31.8 Å². The van der Waals surface area contributed by atoms with E-state index in [9.17, 15) is 0 Å². The molecular weight excluding hydrogens is 196 g/mol. The Morgan fingerprint density at radius 1 is 1.06 bits per heavy atom. The Balaban J connectivity index is 2.07. The first kappa shape index (κ1) is 11.2. The molecule has 1 aliphatic rings. The molecule has 0 saturated carbocycles. The number of likely N-dealkylation sites (N-methyl/N-ethyl adjacent to an activating group) is 1. The summed E-state index contributed by atoms with van der Waals surface area (Å²) in [6.07, 6.45) is 0. The molecule has 0 spiro atoms. The molecule has 2 heteroatoms. The van der Waals surface area contributed by atoms with Gasteiger partial charge < -0.3 is 9.80 Å². The molecule has 1 aliphatic heterocycles. The molecule has 0 radical (unpaired) electrons. The molecular formula is C14H20N2. The molecule has 0 aliphatic carbocycles. The number of piperazine rings is 1. The second kappa shape index (κ2) is 4.71. The van der Waals surface area contributed by atoms with Crippen molar-refractivity contribution in [2.45, 2.75) is 6.92 Å². The Morgan fingerprint density at radius 2 is 1.62 bits per heavy atom. The van der Waals surface area contributed by atoms with E-state index in [2.05, 4.69) is 47.7 Å². The highest BCUT2D eigenvalue weighted by atomic mass is 15.2. The van der Waals surface area contributed by atoms with Crippen molar-refractivity contribution in [3.8, 4) is 0 Å². The van der Waals surface area contributed by atoms with E-state index < -0.39 is 0 Å². The van der Waals surface area contributed by atoms with Gasteiger partial charge in [-0.05, 0) is 31.7 Å². The molecule has 0 unspecified atom stereocenters. The number of benzene rings is 1. The maximum absolute atomic E-state index is 3.96. The van der Waals surface area contributed by atoms with Gasteiger partial charge in [-0.15, -0.1) is 0 Å². The fourth-order valence-corrected chi connectivity index (χ4v) is 2.02. The molecule has 0 atom stereocenters. The number of nitrogens with zero attached hydrogens (tertiary/aromatic N) is 2. The van der Waals surface area contributed by atoms with Crippen molar-refractivity contribution in [1.82, 2.24) is 4.90 Å². The molecule has 1 fully saturated rings. The van der Waals surface area contributed by atoms with Gasteiger partial charge in [0.2, 0.25) is 0 Å². The Bertz CT molecular complexity index is 359. The highest BCUT2D eigenvalue weighted by Crippen LogP contribution is 2.19. The highest BCUT2D eigenvalue weighted by molar-refractivity contribution is 5.64. The van der Waals surface area contributed by atoms with Gasteiger partial charge in [0.15, 0.2) is 0 Å². The molecule has 0 aromatic heterocycles.